The normalized spacial score (nSPS) is 22.8. The quantitative estimate of drug-likeness (QED) is 0.832. The molecule has 3 rings (SSSR count). The van der Waals surface area contributed by atoms with Crippen LogP contribution in [0.1, 0.15) is 38.2 Å². The lowest BCUT2D eigenvalue weighted by Gasteiger charge is -2.29. The number of urea groups is 1. The monoisotopic (exact) mass is 346 g/mol. The minimum Gasteiger partial charge on any atom is -0.466 e. The molecule has 2 atom stereocenters. The van der Waals surface area contributed by atoms with Crippen molar-refractivity contribution in [1.29, 1.82) is 0 Å². The molecule has 0 bridgehead atoms. The molecule has 0 spiro atoms. The van der Waals surface area contributed by atoms with Crippen LogP contribution in [-0.2, 0) is 20.7 Å². The van der Waals surface area contributed by atoms with E-state index in [1.54, 1.807) is 6.92 Å². The average Bonchev–Trinajstić information content (AvgIpc) is 3.26. The Labute approximate surface area is 148 Å². The summed E-state index contributed by atoms with van der Waals surface area (Å²) in [7, 11) is 0. The second-order valence-electron chi connectivity index (χ2n) is 6.57. The third kappa shape index (κ3) is 4.51. The van der Waals surface area contributed by atoms with E-state index in [2.05, 4.69) is 5.32 Å². The maximum Gasteiger partial charge on any atom is 0.322 e. The van der Waals surface area contributed by atoms with Gasteiger partial charge in [-0.3, -0.25) is 4.79 Å². The lowest BCUT2D eigenvalue weighted by atomic mass is 10.1. The largest absolute Gasteiger partial charge is 0.466 e. The van der Waals surface area contributed by atoms with E-state index < -0.39 is 0 Å². The highest BCUT2D eigenvalue weighted by Gasteiger charge is 2.36. The summed E-state index contributed by atoms with van der Waals surface area (Å²) in [5, 5.41) is 2.96. The van der Waals surface area contributed by atoms with Gasteiger partial charge in [0.1, 0.15) is 0 Å². The highest BCUT2D eigenvalue weighted by molar-refractivity contribution is 5.90. The van der Waals surface area contributed by atoms with Crippen LogP contribution in [0.4, 0.5) is 10.5 Å². The Morgan fingerprint density at radius 1 is 1.32 bits per heavy atom. The molecular formula is C19H26N2O4. The maximum atomic E-state index is 12.7. The van der Waals surface area contributed by atoms with Gasteiger partial charge in [-0.2, -0.15) is 0 Å². The third-order valence-electron chi connectivity index (χ3n) is 4.79. The Bertz CT molecular complexity index is 613. The van der Waals surface area contributed by atoms with Gasteiger partial charge in [0.15, 0.2) is 0 Å². The Morgan fingerprint density at radius 3 is 2.96 bits per heavy atom. The summed E-state index contributed by atoms with van der Waals surface area (Å²) in [6.45, 7) is 3.72. The number of likely N-dealkylation sites (tertiary alicyclic amines) is 1. The van der Waals surface area contributed by atoms with Crippen LogP contribution in [0.25, 0.3) is 0 Å². The highest BCUT2D eigenvalue weighted by Crippen LogP contribution is 2.28. The number of nitrogens with one attached hydrogen (secondary N) is 1. The van der Waals surface area contributed by atoms with E-state index in [0.717, 1.165) is 44.4 Å². The fourth-order valence-corrected chi connectivity index (χ4v) is 3.67. The molecule has 2 heterocycles. The number of hydrogen-bond donors (Lipinski definition) is 1. The van der Waals surface area contributed by atoms with Crippen LogP contribution >= 0.6 is 0 Å². The minimum atomic E-state index is -0.260. The number of amides is 2. The van der Waals surface area contributed by atoms with Crippen molar-refractivity contribution in [2.45, 2.75) is 51.2 Å². The first kappa shape index (κ1) is 17.7. The van der Waals surface area contributed by atoms with Crippen LogP contribution in [0.15, 0.2) is 24.3 Å². The number of nitrogens with zero attached hydrogens (tertiary/aromatic N) is 1. The first-order chi connectivity index (χ1) is 12.2. The second-order valence-corrected chi connectivity index (χ2v) is 6.57. The predicted octanol–water partition coefficient (Wildman–Crippen LogP) is 2.97. The molecule has 6 nitrogen and oxygen atoms in total. The number of carbonyl (C=O) groups is 2. The number of hydrogen-bond acceptors (Lipinski definition) is 4. The van der Waals surface area contributed by atoms with Gasteiger partial charge in [-0.25, -0.2) is 4.79 Å². The van der Waals surface area contributed by atoms with E-state index in [1.165, 1.54) is 0 Å². The van der Waals surface area contributed by atoms with Gasteiger partial charge in [-0.1, -0.05) is 12.1 Å². The summed E-state index contributed by atoms with van der Waals surface area (Å²) in [5.41, 5.74) is 1.53. The lowest BCUT2D eigenvalue weighted by Crippen LogP contribution is -2.44. The molecule has 0 aromatic heterocycles. The Balaban J connectivity index is 1.61. The molecule has 2 saturated heterocycles. The summed E-state index contributed by atoms with van der Waals surface area (Å²) in [6, 6.07) is 7.44. The van der Waals surface area contributed by atoms with Crippen molar-refractivity contribution in [3.05, 3.63) is 29.8 Å². The van der Waals surface area contributed by atoms with Crippen molar-refractivity contribution in [2.75, 3.05) is 25.1 Å². The molecule has 0 saturated carbocycles. The van der Waals surface area contributed by atoms with Crippen LogP contribution in [0, 0.1) is 0 Å². The summed E-state index contributed by atoms with van der Waals surface area (Å²) >= 11 is 0. The fraction of sp³-hybridized carbons (Fsp3) is 0.579. The molecule has 2 aliphatic heterocycles. The molecule has 1 N–H and O–H groups in total. The van der Waals surface area contributed by atoms with Gasteiger partial charge in [0.2, 0.25) is 0 Å². The van der Waals surface area contributed by atoms with Gasteiger partial charge in [0, 0.05) is 18.8 Å². The first-order valence-corrected chi connectivity index (χ1v) is 9.11. The van der Waals surface area contributed by atoms with Crippen LogP contribution < -0.4 is 5.32 Å². The van der Waals surface area contributed by atoms with Crippen LogP contribution in [0.3, 0.4) is 0 Å². The molecule has 2 fully saturated rings. The molecular weight excluding hydrogens is 320 g/mol. The lowest BCUT2D eigenvalue weighted by molar-refractivity contribution is -0.142. The van der Waals surface area contributed by atoms with Gasteiger partial charge < -0.3 is 19.7 Å². The predicted molar refractivity (Wildman–Crippen MR) is 94.5 cm³/mol. The number of anilines is 1. The van der Waals surface area contributed by atoms with E-state index in [4.69, 9.17) is 9.47 Å². The summed E-state index contributed by atoms with van der Waals surface area (Å²) in [4.78, 5) is 26.2. The van der Waals surface area contributed by atoms with E-state index in [9.17, 15) is 9.59 Å². The molecule has 25 heavy (non-hydrogen) atoms. The highest BCUT2D eigenvalue weighted by atomic mass is 16.5. The van der Waals surface area contributed by atoms with Crippen LogP contribution in [0.5, 0.6) is 0 Å². The SMILES string of the molecule is CCOC(=O)Cc1cccc(NC(=O)N2CCCC2C2CCCO2)c1. The van der Waals surface area contributed by atoms with E-state index in [0.29, 0.717) is 12.3 Å². The standard InChI is InChI=1S/C19H26N2O4/c1-2-24-18(22)13-14-6-3-7-15(12-14)20-19(23)21-10-4-8-16(21)17-9-5-11-25-17/h3,6-7,12,16-17H,2,4-5,8-11,13H2,1H3,(H,20,23). The smallest absolute Gasteiger partial charge is 0.322 e. The summed E-state index contributed by atoms with van der Waals surface area (Å²) in [6.07, 6.45) is 4.50. The van der Waals surface area contributed by atoms with Crippen molar-refractivity contribution in [2.24, 2.45) is 0 Å². The minimum absolute atomic E-state index is 0.0914. The zero-order chi connectivity index (χ0) is 17.6. The van der Waals surface area contributed by atoms with Crippen LogP contribution in [0.2, 0.25) is 0 Å². The van der Waals surface area contributed by atoms with Crippen LogP contribution in [-0.4, -0.2) is 48.8 Å². The average molecular weight is 346 g/mol. The van der Waals surface area contributed by atoms with Gasteiger partial charge in [0.05, 0.1) is 25.2 Å². The number of rotatable bonds is 5. The Kier molecular flexibility index (Phi) is 5.91. The topological polar surface area (TPSA) is 67.9 Å². The zero-order valence-electron chi connectivity index (χ0n) is 14.7. The molecule has 1 aromatic carbocycles. The molecule has 2 unspecified atom stereocenters. The number of carbonyl (C=O) groups excluding carboxylic acids is 2. The van der Waals surface area contributed by atoms with Crippen molar-refractivity contribution in [1.82, 2.24) is 4.90 Å². The van der Waals surface area contributed by atoms with E-state index in [1.807, 2.05) is 29.2 Å². The maximum absolute atomic E-state index is 12.7. The zero-order valence-corrected chi connectivity index (χ0v) is 14.7. The molecule has 2 aliphatic rings. The van der Waals surface area contributed by atoms with Crippen molar-refractivity contribution < 1.29 is 19.1 Å². The van der Waals surface area contributed by atoms with E-state index in [-0.39, 0.29) is 30.6 Å². The number of benzene rings is 1. The molecule has 6 heteroatoms. The van der Waals surface area contributed by atoms with Crippen molar-refractivity contribution in [3.8, 4) is 0 Å². The van der Waals surface area contributed by atoms with E-state index >= 15 is 0 Å². The Morgan fingerprint density at radius 2 is 2.20 bits per heavy atom. The van der Waals surface area contributed by atoms with Crippen molar-refractivity contribution >= 4 is 17.7 Å². The number of esters is 1. The molecule has 0 radical (unpaired) electrons. The number of ether oxygens (including phenoxy) is 2. The van der Waals surface area contributed by atoms with Gasteiger partial charge in [-0.15, -0.1) is 0 Å². The second kappa shape index (κ2) is 8.34. The third-order valence-corrected chi connectivity index (χ3v) is 4.79. The summed E-state index contributed by atoms with van der Waals surface area (Å²) in [5.74, 6) is -0.260. The summed E-state index contributed by atoms with van der Waals surface area (Å²) < 4.78 is 10.8. The van der Waals surface area contributed by atoms with Crippen molar-refractivity contribution in [3.63, 3.8) is 0 Å². The molecule has 0 aliphatic carbocycles. The van der Waals surface area contributed by atoms with Gasteiger partial charge in [-0.05, 0) is 50.3 Å². The van der Waals surface area contributed by atoms with Gasteiger partial charge >= 0.3 is 12.0 Å². The van der Waals surface area contributed by atoms with Gasteiger partial charge in [0.25, 0.3) is 0 Å². The fourth-order valence-electron chi connectivity index (χ4n) is 3.67. The molecule has 1 aromatic rings. The molecule has 136 valence electrons. The first-order valence-electron chi connectivity index (χ1n) is 9.11. The Hall–Kier alpha value is -2.08. The molecule has 2 amide bonds.